The van der Waals surface area contributed by atoms with Crippen LogP contribution < -0.4 is 4.74 Å². The number of aromatic carboxylic acids is 1. The predicted octanol–water partition coefficient (Wildman–Crippen LogP) is 2.81. The number of benzene rings is 1. The van der Waals surface area contributed by atoms with Crippen LogP contribution >= 0.6 is 11.3 Å². The van der Waals surface area contributed by atoms with Gasteiger partial charge in [0.15, 0.2) is 4.96 Å². The van der Waals surface area contributed by atoms with Gasteiger partial charge in [0.1, 0.15) is 23.7 Å². The summed E-state index contributed by atoms with van der Waals surface area (Å²) >= 11 is 1.49. The van der Waals surface area contributed by atoms with E-state index in [1.807, 2.05) is 16.0 Å². The van der Waals surface area contributed by atoms with Gasteiger partial charge in [-0.2, -0.15) is 0 Å². The van der Waals surface area contributed by atoms with E-state index in [2.05, 4.69) is 4.98 Å². The molecule has 20 heavy (non-hydrogen) atoms. The Hall–Kier alpha value is -2.41. The van der Waals surface area contributed by atoms with Crippen LogP contribution in [0.3, 0.4) is 0 Å². The van der Waals surface area contributed by atoms with Gasteiger partial charge in [0.05, 0.1) is 5.69 Å². The topological polar surface area (TPSA) is 63.8 Å². The zero-order chi connectivity index (χ0) is 14.1. The fourth-order valence-corrected chi connectivity index (χ4v) is 2.51. The highest BCUT2D eigenvalue weighted by Crippen LogP contribution is 2.21. The molecule has 5 nitrogen and oxygen atoms in total. The summed E-state index contributed by atoms with van der Waals surface area (Å²) in [5.74, 6) is -1.72. The lowest BCUT2D eigenvalue weighted by Crippen LogP contribution is -2.04. The summed E-state index contributed by atoms with van der Waals surface area (Å²) in [6.45, 7) is 0.125. The number of imidazole rings is 1. The molecule has 7 heteroatoms. The zero-order valence-electron chi connectivity index (χ0n) is 10.1. The average Bonchev–Trinajstić information content (AvgIpc) is 2.97. The van der Waals surface area contributed by atoms with Crippen molar-refractivity contribution in [1.29, 1.82) is 0 Å². The van der Waals surface area contributed by atoms with Crippen molar-refractivity contribution in [2.45, 2.75) is 6.61 Å². The highest BCUT2D eigenvalue weighted by molar-refractivity contribution is 7.15. The Morgan fingerprint density at radius 3 is 3.10 bits per heavy atom. The Kier molecular flexibility index (Phi) is 3.11. The minimum Gasteiger partial charge on any atom is -0.486 e. The van der Waals surface area contributed by atoms with Crippen LogP contribution in [0.4, 0.5) is 4.39 Å². The Morgan fingerprint density at radius 2 is 2.35 bits per heavy atom. The van der Waals surface area contributed by atoms with E-state index in [0.29, 0.717) is 5.69 Å². The number of carboxylic acids is 1. The number of hydrogen-bond acceptors (Lipinski definition) is 4. The summed E-state index contributed by atoms with van der Waals surface area (Å²) in [5, 5.41) is 10.9. The summed E-state index contributed by atoms with van der Waals surface area (Å²) in [5.41, 5.74) is 0.475. The summed E-state index contributed by atoms with van der Waals surface area (Å²) in [4.78, 5) is 16.2. The van der Waals surface area contributed by atoms with Crippen molar-refractivity contribution in [2.24, 2.45) is 0 Å². The molecule has 1 aromatic carbocycles. The molecular weight excluding hydrogens is 283 g/mol. The van der Waals surface area contributed by atoms with Crippen LogP contribution in [-0.2, 0) is 6.61 Å². The van der Waals surface area contributed by atoms with E-state index in [0.717, 1.165) is 17.1 Å². The molecule has 2 heterocycles. The monoisotopic (exact) mass is 292 g/mol. The first kappa shape index (κ1) is 12.6. The third-order valence-corrected chi connectivity index (χ3v) is 3.46. The maximum absolute atomic E-state index is 13.0. The predicted molar refractivity (Wildman–Crippen MR) is 70.8 cm³/mol. The highest BCUT2D eigenvalue weighted by atomic mass is 32.1. The number of fused-ring (bicyclic) bond motifs is 1. The molecule has 0 unspecified atom stereocenters. The molecule has 0 atom stereocenters. The molecule has 1 N–H and O–H groups in total. The van der Waals surface area contributed by atoms with Crippen LogP contribution in [0.5, 0.6) is 5.75 Å². The molecule has 0 radical (unpaired) electrons. The quantitative estimate of drug-likeness (QED) is 0.803. The second-order valence-electron chi connectivity index (χ2n) is 4.06. The van der Waals surface area contributed by atoms with E-state index in [4.69, 9.17) is 9.84 Å². The lowest BCUT2D eigenvalue weighted by atomic mass is 10.2. The van der Waals surface area contributed by atoms with Crippen molar-refractivity contribution in [3.63, 3.8) is 0 Å². The van der Waals surface area contributed by atoms with Crippen molar-refractivity contribution in [3.8, 4) is 5.75 Å². The van der Waals surface area contributed by atoms with Gasteiger partial charge >= 0.3 is 5.97 Å². The first-order valence-electron chi connectivity index (χ1n) is 5.70. The second kappa shape index (κ2) is 4.93. The Labute approximate surface area is 116 Å². The fourth-order valence-electron chi connectivity index (χ4n) is 1.79. The van der Waals surface area contributed by atoms with Gasteiger partial charge in [-0.15, -0.1) is 11.3 Å². The standard InChI is InChI=1S/C13H9FN2O3S/c14-8-1-2-11(10(5-8)12(17)18)19-7-9-6-16-3-4-20-13(16)15-9/h1-6H,7H2,(H,17,18). The average molecular weight is 292 g/mol. The molecule has 0 bridgehead atoms. The summed E-state index contributed by atoms with van der Waals surface area (Å²) in [6.07, 6.45) is 3.67. The van der Waals surface area contributed by atoms with Gasteiger partial charge in [0.2, 0.25) is 0 Å². The summed E-state index contributed by atoms with van der Waals surface area (Å²) in [7, 11) is 0. The fraction of sp³-hybridized carbons (Fsp3) is 0.0769. The largest absolute Gasteiger partial charge is 0.486 e. The number of halogens is 1. The van der Waals surface area contributed by atoms with Gasteiger partial charge in [0, 0.05) is 17.8 Å². The molecule has 0 aliphatic rings. The maximum atomic E-state index is 13.0. The normalized spacial score (nSPS) is 10.8. The lowest BCUT2D eigenvalue weighted by Gasteiger charge is -2.07. The maximum Gasteiger partial charge on any atom is 0.339 e. The lowest BCUT2D eigenvalue weighted by molar-refractivity contribution is 0.0691. The van der Waals surface area contributed by atoms with E-state index in [1.165, 1.54) is 17.4 Å². The number of nitrogens with zero attached hydrogens (tertiary/aromatic N) is 2. The van der Waals surface area contributed by atoms with E-state index >= 15 is 0 Å². The zero-order valence-corrected chi connectivity index (χ0v) is 10.9. The van der Waals surface area contributed by atoms with E-state index in [1.54, 1.807) is 6.20 Å². The van der Waals surface area contributed by atoms with E-state index in [-0.39, 0.29) is 17.9 Å². The van der Waals surface area contributed by atoms with Gasteiger partial charge in [0.25, 0.3) is 0 Å². The van der Waals surface area contributed by atoms with Crippen LogP contribution in [-0.4, -0.2) is 20.5 Å². The molecule has 2 aromatic heterocycles. The van der Waals surface area contributed by atoms with Crippen molar-refractivity contribution >= 4 is 22.3 Å². The number of ether oxygens (including phenoxy) is 1. The molecule has 0 fully saturated rings. The van der Waals surface area contributed by atoms with Crippen molar-refractivity contribution in [1.82, 2.24) is 9.38 Å². The van der Waals surface area contributed by atoms with Crippen molar-refractivity contribution in [2.75, 3.05) is 0 Å². The summed E-state index contributed by atoms with van der Waals surface area (Å²) < 4.78 is 20.3. The molecule has 0 spiro atoms. The van der Waals surface area contributed by atoms with Gasteiger partial charge < -0.3 is 9.84 Å². The van der Waals surface area contributed by atoms with Gasteiger partial charge in [-0.3, -0.25) is 4.40 Å². The Morgan fingerprint density at radius 1 is 1.50 bits per heavy atom. The molecular formula is C13H9FN2O3S. The highest BCUT2D eigenvalue weighted by Gasteiger charge is 2.13. The van der Waals surface area contributed by atoms with Crippen LogP contribution in [0.2, 0.25) is 0 Å². The Bertz CT molecular complexity index is 752. The Balaban J connectivity index is 1.81. The number of rotatable bonds is 4. The van der Waals surface area contributed by atoms with Gasteiger partial charge in [-0.05, 0) is 18.2 Å². The molecule has 0 saturated heterocycles. The van der Waals surface area contributed by atoms with Crippen molar-refractivity contribution in [3.05, 3.63) is 53.0 Å². The first-order chi connectivity index (χ1) is 9.63. The smallest absolute Gasteiger partial charge is 0.339 e. The van der Waals surface area contributed by atoms with E-state index < -0.39 is 11.8 Å². The number of carboxylic acid groups (broad SMARTS) is 1. The van der Waals surface area contributed by atoms with Gasteiger partial charge in [-0.25, -0.2) is 14.2 Å². The number of thiazole rings is 1. The SMILES string of the molecule is O=C(O)c1cc(F)ccc1OCc1cn2ccsc2n1. The summed E-state index contributed by atoms with van der Waals surface area (Å²) in [6, 6.07) is 3.40. The number of carbonyl (C=O) groups is 1. The molecule has 3 aromatic rings. The third-order valence-electron chi connectivity index (χ3n) is 2.69. The van der Waals surface area contributed by atoms with Crippen LogP contribution in [0.1, 0.15) is 16.1 Å². The van der Waals surface area contributed by atoms with Crippen LogP contribution in [0.15, 0.2) is 36.0 Å². The molecule has 3 rings (SSSR count). The second-order valence-corrected chi connectivity index (χ2v) is 4.93. The molecule has 0 aliphatic carbocycles. The molecule has 0 saturated carbocycles. The molecule has 0 amide bonds. The first-order valence-corrected chi connectivity index (χ1v) is 6.58. The minimum absolute atomic E-state index is 0.121. The molecule has 102 valence electrons. The van der Waals surface area contributed by atoms with Crippen LogP contribution in [0, 0.1) is 5.82 Å². The molecule has 0 aliphatic heterocycles. The van der Waals surface area contributed by atoms with E-state index in [9.17, 15) is 9.18 Å². The third kappa shape index (κ3) is 2.35. The minimum atomic E-state index is -1.23. The van der Waals surface area contributed by atoms with Crippen molar-refractivity contribution < 1.29 is 19.0 Å². The van der Waals surface area contributed by atoms with Crippen LogP contribution in [0.25, 0.3) is 4.96 Å². The number of aromatic nitrogens is 2. The van der Waals surface area contributed by atoms with Gasteiger partial charge in [-0.1, -0.05) is 0 Å². The number of hydrogen-bond donors (Lipinski definition) is 1.